The summed E-state index contributed by atoms with van der Waals surface area (Å²) in [7, 11) is 1.42. The number of unbranched alkanes of at least 4 members (excludes halogenated alkanes) is 1. The van der Waals surface area contributed by atoms with Crippen LogP contribution >= 0.6 is 0 Å². The number of allylic oxidation sites excluding steroid dienone is 4. The van der Waals surface area contributed by atoms with Gasteiger partial charge in [0.05, 0.1) is 7.11 Å². The molecule has 0 atom stereocenters. The molecule has 0 fully saturated rings. The lowest BCUT2D eigenvalue weighted by Crippen LogP contribution is -1.99. The second-order valence-electron chi connectivity index (χ2n) is 4.60. The van der Waals surface area contributed by atoms with Crippen LogP contribution in [0.1, 0.15) is 43.0 Å². The summed E-state index contributed by atoms with van der Waals surface area (Å²) in [5.41, 5.74) is -0.0636. The number of rotatable bonds is 8. The summed E-state index contributed by atoms with van der Waals surface area (Å²) < 4.78 is 4.90. The van der Waals surface area contributed by atoms with E-state index >= 15 is 0 Å². The summed E-state index contributed by atoms with van der Waals surface area (Å²) in [6.45, 7) is 2.08. The maximum Gasteiger partial charge on any atom is 0.174 e. The molecule has 0 radical (unpaired) electrons. The van der Waals surface area contributed by atoms with Gasteiger partial charge >= 0.3 is 0 Å². The minimum atomic E-state index is -0.326. The van der Waals surface area contributed by atoms with Crippen molar-refractivity contribution in [1.29, 1.82) is 0 Å². The Bertz CT molecular complexity index is 507. The van der Waals surface area contributed by atoms with Gasteiger partial charge in [0, 0.05) is 18.6 Å². The van der Waals surface area contributed by atoms with E-state index < -0.39 is 0 Å². The highest BCUT2D eigenvalue weighted by Crippen LogP contribution is 2.33. The van der Waals surface area contributed by atoms with Gasteiger partial charge in [-0.25, -0.2) is 0 Å². The number of ether oxygens (including phenoxy) is 1. The number of aromatic hydroxyl groups is 2. The summed E-state index contributed by atoms with van der Waals surface area (Å²) in [6, 6.07) is 2.62. The molecular formula is C17H22O4. The number of ketones is 1. The normalized spacial score (nSPS) is 11.3. The van der Waals surface area contributed by atoms with Crippen LogP contribution in [0.15, 0.2) is 36.4 Å². The maximum atomic E-state index is 12.0. The Morgan fingerprint density at radius 1 is 1.10 bits per heavy atom. The van der Waals surface area contributed by atoms with Crippen molar-refractivity contribution in [3.05, 3.63) is 42.0 Å². The van der Waals surface area contributed by atoms with Gasteiger partial charge in [-0.15, -0.1) is 0 Å². The first kappa shape index (κ1) is 16.8. The quantitative estimate of drug-likeness (QED) is 0.432. The van der Waals surface area contributed by atoms with Gasteiger partial charge in [-0.3, -0.25) is 4.79 Å². The summed E-state index contributed by atoms with van der Waals surface area (Å²) in [4.78, 5) is 12.0. The van der Waals surface area contributed by atoms with Crippen molar-refractivity contribution in [3.63, 3.8) is 0 Å². The van der Waals surface area contributed by atoms with Crippen LogP contribution in [0.2, 0.25) is 0 Å². The Labute approximate surface area is 125 Å². The van der Waals surface area contributed by atoms with Gasteiger partial charge in [0.15, 0.2) is 5.78 Å². The van der Waals surface area contributed by atoms with E-state index in [0.717, 1.165) is 19.3 Å². The molecule has 0 aromatic heterocycles. The maximum absolute atomic E-state index is 12.0. The number of phenols is 2. The van der Waals surface area contributed by atoms with Crippen molar-refractivity contribution in [2.45, 2.75) is 32.6 Å². The molecule has 0 heterocycles. The lowest BCUT2D eigenvalue weighted by atomic mass is 10.0. The Hall–Kier alpha value is -2.23. The minimum Gasteiger partial charge on any atom is -0.507 e. The predicted molar refractivity (Wildman–Crippen MR) is 83.1 cm³/mol. The fraction of sp³-hybridized carbons (Fsp3) is 0.353. The first-order valence-electron chi connectivity index (χ1n) is 7.03. The van der Waals surface area contributed by atoms with E-state index in [1.807, 2.05) is 6.08 Å². The molecule has 0 saturated carbocycles. The molecule has 114 valence electrons. The van der Waals surface area contributed by atoms with E-state index in [1.54, 1.807) is 6.08 Å². The molecule has 0 unspecified atom stereocenters. The second-order valence-corrected chi connectivity index (χ2v) is 4.60. The third-order valence-electron chi connectivity index (χ3n) is 2.96. The first-order chi connectivity index (χ1) is 10.1. The molecule has 0 bridgehead atoms. The minimum absolute atomic E-state index is 0.0636. The van der Waals surface area contributed by atoms with Crippen LogP contribution in [0.4, 0.5) is 0 Å². The fourth-order valence-electron chi connectivity index (χ4n) is 1.88. The van der Waals surface area contributed by atoms with Gasteiger partial charge in [-0.1, -0.05) is 31.2 Å². The van der Waals surface area contributed by atoms with Crippen molar-refractivity contribution in [1.82, 2.24) is 0 Å². The van der Waals surface area contributed by atoms with Gasteiger partial charge in [-0.2, -0.15) is 0 Å². The number of methoxy groups -OCH3 is 1. The largest absolute Gasteiger partial charge is 0.507 e. The zero-order chi connectivity index (χ0) is 15.7. The molecule has 0 saturated heterocycles. The zero-order valence-electron chi connectivity index (χ0n) is 12.5. The number of Topliss-reactive ketones (excluding diaryl/α,β-unsaturated/α-hetero) is 1. The molecule has 2 N–H and O–H groups in total. The van der Waals surface area contributed by atoms with Crippen molar-refractivity contribution in [3.8, 4) is 17.2 Å². The van der Waals surface area contributed by atoms with E-state index in [0.29, 0.717) is 5.75 Å². The molecule has 0 aliphatic rings. The summed E-state index contributed by atoms with van der Waals surface area (Å²) >= 11 is 0. The van der Waals surface area contributed by atoms with Crippen LogP contribution in [0, 0.1) is 0 Å². The monoisotopic (exact) mass is 290 g/mol. The fourth-order valence-corrected chi connectivity index (χ4v) is 1.88. The lowest BCUT2D eigenvalue weighted by molar-refractivity contribution is 0.0990. The molecule has 1 aromatic rings. The lowest BCUT2D eigenvalue weighted by Gasteiger charge is -2.07. The smallest absolute Gasteiger partial charge is 0.174 e. The molecule has 21 heavy (non-hydrogen) atoms. The molecule has 0 amide bonds. The highest BCUT2D eigenvalue weighted by atomic mass is 16.5. The summed E-state index contributed by atoms with van der Waals surface area (Å²) in [5.74, 6) is -0.555. The topological polar surface area (TPSA) is 66.8 Å². The number of benzene rings is 1. The van der Waals surface area contributed by atoms with Crippen molar-refractivity contribution < 1.29 is 19.7 Å². The third-order valence-corrected chi connectivity index (χ3v) is 2.96. The molecule has 0 aliphatic carbocycles. The second kappa shape index (κ2) is 8.84. The first-order valence-corrected chi connectivity index (χ1v) is 7.03. The van der Waals surface area contributed by atoms with E-state index in [1.165, 1.54) is 19.2 Å². The number of hydrogen-bond donors (Lipinski definition) is 2. The Kier molecular flexibility index (Phi) is 7.09. The van der Waals surface area contributed by atoms with Gasteiger partial charge in [0.1, 0.15) is 22.8 Å². The van der Waals surface area contributed by atoms with Crippen molar-refractivity contribution in [2.75, 3.05) is 7.11 Å². The molecule has 0 aliphatic heterocycles. The number of carbonyl (C=O) groups excluding carboxylic acids is 1. The van der Waals surface area contributed by atoms with Crippen LogP contribution in [-0.4, -0.2) is 23.1 Å². The van der Waals surface area contributed by atoms with E-state index in [2.05, 4.69) is 19.1 Å². The van der Waals surface area contributed by atoms with Crippen molar-refractivity contribution in [2.24, 2.45) is 0 Å². The van der Waals surface area contributed by atoms with Crippen LogP contribution in [0.5, 0.6) is 17.2 Å². The van der Waals surface area contributed by atoms with Crippen molar-refractivity contribution >= 4 is 5.78 Å². The highest BCUT2D eigenvalue weighted by molar-refractivity contribution is 6.02. The van der Waals surface area contributed by atoms with E-state index in [9.17, 15) is 15.0 Å². The average molecular weight is 290 g/mol. The Morgan fingerprint density at radius 2 is 1.67 bits per heavy atom. The third kappa shape index (κ3) is 5.34. The van der Waals surface area contributed by atoms with Gasteiger partial charge in [0.2, 0.25) is 0 Å². The molecule has 4 nitrogen and oxygen atoms in total. The SMILES string of the molecule is CC/C=C/CC/C=C/CC(=O)c1c(O)cc(OC)cc1O. The molecule has 0 spiro atoms. The van der Waals surface area contributed by atoms with Gasteiger partial charge < -0.3 is 14.9 Å². The van der Waals surface area contributed by atoms with Crippen LogP contribution in [0.3, 0.4) is 0 Å². The molecule has 4 heteroatoms. The highest BCUT2D eigenvalue weighted by Gasteiger charge is 2.16. The van der Waals surface area contributed by atoms with Gasteiger partial charge in [-0.05, 0) is 19.3 Å². The average Bonchev–Trinajstić information content (AvgIpc) is 2.45. The summed E-state index contributed by atoms with van der Waals surface area (Å²) in [5, 5.41) is 19.6. The molecular weight excluding hydrogens is 268 g/mol. The predicted octanol–water partition coefficient (Wildman–Crippen LogP) is 3.98. The van der Waals surface area contributed by atoms with Gasteiger partial charge in [0.25, 0.3) is 0 Å². The molecule has 1 aromatic carbocycles. The van der Waals surface area contributed by atoms with Crippen LogP contribution < -0.4 is 4.74 Å². The Morgan fingerprint density at radius 3 is 2.19 bits per heavy atom. The van der Waals surface area contributed by atoms with Crippen LogP contribution in [-0.2, 0) is 0 Å². The number of phenolic OH excluding ortho intramolecular Hbond substituents is 2. The summed E-state index contributed by atoms with van der Waals surface area (Å²) in [6.07, 6.45) is 10.9. The number of carbonyl (C=O) groups is 1. The Balaban J connectivity index is 2.60. The molecule has 1 rings (SSSR count). The number of hydrogen-bond acceptors (Lipinski definition) is 4. The standard InChI is InChI=1S/C17H22O4/c1-3-4-5-6-7-8-9-10-14(18)17-15(19)11-13(21-2)12-16(17)20/h4-5,8-9,11-12,19-20H,3,6-7,10H2,1-2H3/b5-4+,9-8+. The van der Waals surface area contributed by atoms with E-state index in [4.69, 9.17) is 4.74 Å². The zero-order valence-corrected chi connectivity index (χ0v) is 12.5. The van der Waals surface area contributed by atoms with Crippen LogP contribution in [0.25, 0.3) is 0 Å². The van der Waals surface area contributed by atoms with E-state index in [-0.39, 0.29) is 29.3 Å².